The van der Waals surface area contributed by atoms with Gasteiger partial charge in [-0.05, 0) is 30.7 Å². The molecule has 16 heavy (non-hydrogen) atoms. The van der Waals surface area contributed by atoms with Crippen molar-refractivity contribution < 1.29 is 13.2 Å². The number of nitrogens with zero attached hydrogens (tertiary/aromatic N) is 1. The SMILES string of the molecule is FC(F)(F)c1ccnc(C2=CCNCC2)c1. The van der Waals surface area contributed by atoms with E-state index in [0.717, 1.165) is 24.3 Å². The summed E-state index contributed by atoms with van der Waals surface area (Å²) in [7, 11) is 0. The molecule has 5 heteroatoms. The van der Waals surface area contributed by atoms with E-state index in [2.05, 4.69) is 10.3 Å². The molecule has 0 aromatic carbocycles. The van der Waals surface area contributed by atoms with Crippen LogP contribution in [0.2, 0.25) is 0 Å². The Morgan fingerprint density at radius 1 is 1.31 bits per heavy atom. The Kier molecular flexibility index (Phi) is 2.96. The monoisotopic (exact) mass is 228 g/mol. The molecule has 86 valence electrons. The lowest BCUT2D eigenvalue weighted by Crippen LogP contribution is -2.20. The van der Waals surface area contributed by atoms with Crippen LogP contribution >= 0.6 is 0 Å². The van der Waals surface area contributed by atoms with Gasteiger partial charge in [-0.2, -0.15) is 13.2 Å². The number of nitrogens with one attached hydrogen (secondary N) is 1. The van der Waals surface area contributed by atoms with E-state index < -0.39 is 11.7 Å². The fourth-order valence-corrected chi connectivity index (χ4v) is 1.64. The van der Waals surface area contributed by atoms with Gasteiger partial charge in [0.05, 0.1) is 11.3 Å². The van der Waals surface area contributed by atoms with E-state index in [9.17, 15) is 13.2 Å². The van der Waals surface area contributed by atoms with Gasteiger partial charge in [0.15, 0.2) is 0 Å². The van der Waals surface area contributed by atoms with Crippen molar-refractivity contribution in [2.75, 3.05) is 13.1 Å². The zero-order chi connectivity index (χ0) is 11.6. The van der Waals surface area contributed by atoms with E-state index in [-0.39, 0.29) is 0 Å². The Morgan fingerprint density at radius 3 is 2.75 bits per heavy atom. The summed E-state index contributed by atoms with van der Waals surface area (Å²) in [5, 5.41) is 3.10. The summed E-state index contributed by atoms with van der Waals surface area (Å²) < 4.78 is 37.4. The molecule has 1 N–H and O–H groups in total. The first-order chi connectivity index (χ1) is 7.57. The Labute approximate surface area is 91.2 Å². The third kappa shape index (κ3) is 2.41. The lowest BCUT2D eigenvalue weighted by molar-refractivity contribution is -0.137. The lowest BCUT2D eigenvalue weighted by Gasteiger charge is -2.14. The van der Waals surface area contributed by atoms with Crippen molar-refractivity contribution in [1.29, 1.82) is 0 Å². The van der Waals surface area contributed by atoms with Crippen molar-refractivity contribution in [1.82, 2.24) is 10.3 Å². The molecule has 0 saturated carbocycles. The van der Waals surface area contributed by atoms with Gasteiger partial charge in [0.1, 0.15) is 0 Å². The van der Waals surface area contributed by atoms with Crippen LogP contribution in [0.4, 0.5) is 13.2 Å². The number of hydrogen-bond donors (Lipinski definition) is 1. The molecule has 2 nitrogen and oxygen atoms in total. The highest BCUT2D eigenvalue weighted by Crippen LogP contribution is 2.30. The quantitative estimate of drug-likeness (QED) is 0.798. The number of rotatable bonds is 1. The molecule has 0 amide bonds. The molecule has 0 saturated heterocycles. The minimum atomic E-state index is -4.30. The summed E-state index contributed by atoms with van der Waals surface area (Å²) in [6.45, 7) is 1.47. The molecule has 0 unspecified atom stereocenters. The zero-order valence-corrected chi connectivity index (χ0v) is 8.51. The minimum absolute atomic E-state index is 0.427. The topological polar surface area (TPSA) is 24.9 Å². The van der Waals surface area contributed by atoms with Crippen LogP contribution in [0.3, 0.4) is 0 Å². The molecular formula is C11H11F3N2. The van der Waals surface area contributed by atoms with Crippen molar-refractivity contribution in [2.24, 2.45) is 0 Å². The zero-order valence-electron chi connectivity index (χ0n) is 8.51. The van der Waals surface area contributed by atoms with E-state index in [1.54, 1.807) is 0 Å². The molecule has 1 aliphatic heterocycles. The average molecular weight is 228 g/mol. The van der Waals surface area contributed by atoms with Crippen LogP contribution in [0, 0.1) is 0 Å². The van der Waals surface area contributed by atoms with Gasteiger partial charge in [0.2, 0.25) is 0 Å². The maximum absolute atomic E-state index is 12.5. The first kappa shape index (κ1) is 11.1. The molecular weight excluding hydrogens is 217 g/mol. The number of hydrogen-bond acceptors (Lipinski definition) is 2. The Hall–Kier alpha value is -1.36. The molecule has 1 aromatic heterocycles. The molecule has 0 radical (unpaired) electrons. The molecule has 2 heterocycles. The number of pyridine rings is 1. The van der Waals surface area contributed by atoms with Gasteiger partial charge in [-0.3, -0.25) is 4.98 Å². The third-order valence-corrected chi connectivity index (χ3v) is 2.48. The van der Waals surface area contributed by atoms with Crippen molar-refractivity contribution in [3.8, 4) is 0 Å². The van der Waals surface area contributed by atoms with Gasteiger partial charge in [-0.1, -0.05) is 6.08 Å². The van der Waals surface area contributed by atoms with Gasteiger partial charge in [-0.15, -0.1) is 0 Å². The number of halogens is 3. The average Bonchev–Trinajstić information content (AvgIpc) is 2.29. The molecule has 0 bridgehead atoms. The van der Waals surface area contributed by atoms with Gasteiger partial charge in [-0.25, -0.2) is 0 Å². The molecule has 0 spiro atoms. The molecule has 0 aliphatic carbocycles. The predicted molar refractivity (Wildman–Crippen MR) is 54.7 cm³/mol. The van der Waals surface area contributed by atoms with Crippen LogP contribution in [0.5, 0.6) is 0 Å². The first-order valence-electron chi connectivity index (χ1n) is 5.01. The third-order valence-electron chi connectivity index (χ3n) is 2.48. The van der Waals surface area contributed by atoms with E-state index in [0.29, 0.717) is 18.7 Å². The second-order valence-electron chi connectivity index (χ2n) is 3.61. The fraction of sp³-hybridized carbons (Fsp3) is 0.364. The van der Waals surface area contributed by atoms with Crippen molar-refractivity contribution in [2.45, 2.75) is 12.6 Å². The predicted octanol–water partition coefficient (Wildman–Crippen LogP) is 2.48. The van der Waals surface area contributed by atoms with Crippen LogP contribution < -0.4 is 5.32 Å². The second-order valence-corrected chi connectivity index (χ2v) is 3.61. The molecule has 1 aliphatic rings. The molecule has 1 aromatic rings. The molecule has 2 rings (SSSR count). The van der Waals surface area contributed by atoms with Gasteiger partial charge < -0.3 is 5.32 Å². The summed E-state index contributed by atoms with van der Waals surface area (Å²) in [5.74, 6) is 0. The van der Waals surface area contributed by atoms with Gasteiger partial charge in [0, 0.05) is 12.7 Å². The Balaban J connectivity index is 2.32. The molecule has 0 fully saturated rings. The summed E-state index contributed by atoms with van der Waals surface area (Å²) in [5.41, 5.74) is 0.665. The molecule has 0 atom stereocenters. The highest BCUT2D eigenvalue weighted by Gasteiger charge is 2.30. The van der Waals surface area contributed by atoms with Crippen molar-refractivity contribution >= 4 is 5.57 Å². The highest BCUT2D eigenvalue weighted by atomic mass is 19.4. The van der Waals surface area contributed by atoms with Crippen molar-refractivity contribution in [3.05, 3.63) is 35.7 Å². The Morgan fingerprint density at radius 2 is 2.12 bits per heavy atom. The standard InChI is InChI=1S/C11H11F3N2/c12-11(13,14)9-3-6-16-10(7-9)8-1-4-15-5-2-8/h1,3,6-7,15H,2,4-5H2. The highest BCUT2D eigenvalue weighted by molar-refractivity contribution is 5.64. The summed E-state index contributed by atoms with van der Waals surface area (Å²) in [6.07, 6.45) is -0.494. The van der Waals surface area contributed by atoms with Crippen molar-refractivity contribution in [3.63, 3.8) is 0 Å². The van der Waals surface area contributed by atoms with E-state index >= 15 is 0 Å². The van der Waals surface area contributed by atoms with Crippen LogP contribution in [0.1, 0.15) is 17.7 Å². The van der Waals surface area contributed by atoms with E-state index in [1.807, 2.05) is 6.08 Å². The van der Waals surface area contributed by atoms with E-state index in [1.165, 1.54) is 6.20 Å². The minimum Gasteiger partial charge on any atom is -0.313 e. The number of alkyl halides is 3. The van der Waals surface area contributed by atoms with Crippen LogP contribution in [-0.4, -0.2) is 18.1 Å². The van der Waals surface area contributed by atoms with Crippen LogP contribution in [0.25, 0.3) is 5.57 Å². The van der Waals surface area contributed by atoms with Gasteiger partial charge in [0.25, 0.3) is 0 Å². The summed E-state index contributed by atoms with van der Waals surface area (Å²) >= 11 is 0. The lowest BCUT2D eigenvalue weighted by atomic mass is 10.0. The maximum Gasteiger partial charge on any atom is 0.416 e. The van der Waals surface area contributed by atoms with E-state index in [4.69, 9.17) is 0 Å². The fourth-order valence-electron chi connectivity index (χ4n) is 1.64. The van der Waals surface area contributed by atoms with Crippen LogP contribution in [-0.2, 0) is 6.18 Å². The van der Waals surface area contributed by atoms with Crippen LogP contribution in [0.15, 0.2) is 24.4 Å². The smallest absolute Gasteiger partial charge is 0.313 e. The summed E-state index contributed by atoms with van der Waals surface area (Å²) in [6, 6.07) is 2.10. The largest absolute Gasteiger partial charge is 0.416 e. The summed E-state index contributed by atoms with van der Waals surface area (Å²) in [4.78, 5) is 3.98. The van der Waals surface area contributed by atoms with Gasteiger partial charge >= 0.3 is 6.18 Å². The second kappa shape index (κ2) is 4.25. The Bertz CT molecular complexity index is 410. The first-order valence-corrected chi connectivity index (χ1v) is 5.01. The normalized spacial score (nSPS) is 17.1. The maximum atomic E-state index is 12.5. The number of aromatic nitrogens is 1.